The van der Waals surface area contributed by atoms with Crippen LogP contribution < -0.4 is 4.90 Å². The molecule has 0 atom stereocenters. The Kier molecular flexibility index (Phi) is 5.63. The van der Waals surface area contributed by atoms with Crippen LogP contribution in [0.2, 0.25) is 0 Å². The standard InChI is InChI=1S/C21H33BFN3O2/c1-8-19(2,3)16-13-17(25-14-24-16)26-11-9-15(10-12-26)18(23)22-27-20(4,5)21(6,7)28-22/h13-14H,8-12H2,1-7H3. The molecule has 2 aliphatic heterocycles. The summed E-state index contributed by atoms with van der Waals surface area (Å²) < 4.78 is 26.8. The Labute approximate surface area is 168 Å². The van der Waals surface area contributed by atoms with Gasteiger partial charge in [0.15, 0.2) is 0 Å². The van der Waals surface area contributed by atoms with Crippen molar-refractivity contribution in [2.45, 2.75) is 84.3 Å². The maximum absolute atomic E-state index is 15.1. The first kappa shape index (κ1) is 21.2. The highest BCUT2D eigenvalue weighted by Crippen LogP contribution is 2.40. The molecule has 0 aromatic carbocycles. The van der Waals surface area contributed by atoms with Gasteiger partial charge in [0, 0.05) is 24.6 Å². The number of hydrogen-bond acceptors (Lipinski definition) is 5. The van der Waals surface area contributed by atoms with E-state index in [1.54, 1.807) is 6.33 Å². The van der Waals surface area contributed by atoms with Gasteiger partial charge in [-0.05, 0) is 52.5 Å². The van der Waals surface area contributed by atoms with Gasteiger partial charge in [-0.15, -0.1) is 0 Å². The fraction of sp³-hybridized carbons (Fsp3) is 0.714. The Morgan fingerprint density at radius 3 is 2.25 bits per heavy atom. The molecule has 154 valence electrons. The molecule has 1 aromatic rings. The molecule has 0 amide bonds. The molecule has 3 heterocycles. The number of nitrogens with zero attached hydrogens (tertiary/aromatic N) is 3. The number of rotatable bonds is 4. The lowest BCUT2D eigenvalue weighted by molar-refractivity contribution is 0.00578. The van der Waals surface area contributed by atoms with Crippen LogP contribution in [0.3, 0.4) is 0 Å². The molecule has 0 unspecified atom stereocenters. The van der Waals surface area contributed by atoms with E-state index in [0.29, 0.717) is 12.8 Å². The second-order valence-electron chi connectivity index (χ2n) is 9.53. The molecule has 0 spiro atoms. The minimum Gasteiger partial charge on any atom is -0.398 e. The molecule has 3 rings (SSSR count). The summed E-state index contributed by atoms with van der Waals surface area (Å²) in [6.07, 6.45) is 3.94. The molecule has 2 saturated heterocycles. The highest BCUT2D eigenvalue weighted by Gasteiger charge is 2.53. The smallest absolute Gasteiger partial charge is 0.398 e. The normalized spacial score (nSPS) is 21.9. The van der Waals surface area contributed by atoms with Crippen molar-refractivity contribution in [1.29, 1.82) is 0 Å². The summed E-state index contributed by atoms with van der Waals surface area (Å²) in [4.78, 5) is 11.1. The Hall–Kier alpha value is -1.47. The summed E-state index contributed by atoms with van der Waals surface area (Å²) >= 11 is 0. The van der Waals surface area contributed by atoms with Crippen LogP contribution in [0.15, 0.2) is 23.7 Å². The van der Waals surface area contributed by atoms with Gasteiger partial charge in [0.2, 0.25) is 0 Å². The Balaban J connectivity index is 1.70. The van der Waals surface area contributed by atoms with Crippen LogP contribution >= 0.6 is 0 Å². The molecule has 2 fully saturated rings. The van der Waals surface area contributed by atoms with Gasteiger partial charge in [0.05, 0.1) is 16.9 Å². The van der Waals surface area contributed by atoms with Gasteiger partial charge < -0.3 is 14.2 Å². The zero-order valence-corrected chi connectivity index (χ0v) is 18.3. The Morgan fingerprint density at radius 1 is 1.14 bits per heavy atom. The van der Waals surface area contributed by atoms with Gasteiger partial charge in [0.25, 0.3) is 0 Å². The van der Waals surface area contributed by atoms with E-state index >= 15 is 4.39 Å². The first-order chi connectivity index (χ1) is 13.0. The fourth-order valence-corrected chi connectivity index (χ4v) is 3.43. The fourth-order valence-electron chi connectivity index (χ4n) is 3.43. The molecule has 2 aliphatic rings. The van der Waals surface area contributed by atoms with Crippen LogP contribution in [-0.4, -0.2) is 41.4 Å². The molecule has 0 saturated carbocycles. The van der Waals surface area contributed by atoms with E-state index in [0.717, 1.165) is 36.6 Å². The number of hydrogen-bond donors (Lipinski definition) is 0. The monoisotopic (exact) mass is 389 g/mol. The van der Waals surface area contributed by atoms with E-state index in [1.807, 2.05) is 27.7 Å². The Bertz CT molecular complexity index is 738. The summed E-state index contributed by atoms with van der Waals surface area (Å²) in [5.74, 6) is 0.918. The molecule has 0 bridgehead atoms. The predicted octanol–water partition coefficient (Wildman–Crippen LogP) is 4.62. The van der Waals surface area contributed by atoms with Crippen LogP contribution in [0.4, 0.5) is 10.2 Å². The van der Waals surface area contributed by atoms with Crippen molar-refractivity contribution in [3.63, 3.8) is 0 Å². The minimum atomic E-state index is -0.900. The number of halogens is 1. The van der Waals surface area contributed by atoms with Crippen molar-refractivity contribution in [3.8, 4) is 0 Å². The molecular formula is C21H33BFN3O2. The third-order valence-corrected chi connectivity index (χ3v) is 6.72. The lowest BCUT2D eigenvalue weighted by Gasteiger charge is -2.32. The molecular weight excluding hydrogens is 356 g/mol. The van der Waals surface area contributed by atoms with Crippen LogP contribution in [0.25, 0.3) is 0 Å². The van der Waals surface area contributed by atoms with Crippen molar-refractivity contribution in [2.75, 3.05) is 18.0 Å². The number of piperidine rings is 1. The zero-order valence-electron chi connectivity index (χ0n) is 18.3. The summed E-state index contributed by atoms with van der Waals surface area (Å²) in [5, 5.41) is 0. The first-order valence-corrected chi connectivity index (χ1v) is 10.3. The number of anilines is 1. The quantitative estimate of drug-likeness (QED) is 0.704. The van der Waals surface area contributed by atoms with Crippen molar-refractivity contribution in [3.05, 3.63) is 29.4 Å². The third kappa shape index (κ3) is 3.97. The third-order valence-electron chi connectivity index (χ3n) is 6.72. The van der Waals surface area contributed by atoms with E-state index in [2.05, 4.69) is 41.7 Å². The highest BCUT2D eigenvalue weighted by atomic mass is 19.1. The average molecular weight is 389 g/mol. The predicted molar refractivity (Wildman–Crippen MR) is 111 cm³/mol. The van der Waals surface area contributed by atoms with Crippen molar-refractivity contribution in [2.24, 2.45) is 0 Å². The van der Waals surface area contributed by atoms with Crippen LogP contribution in [0, 0.1) is 0 Å². The van der Waals surface area contributed by atoms with E-state index in [-0.39, 0.29) is 11.1 Å². The summed E-state index contributed by atoms with van der Waals surface area (Å²) in [6, 6.07) is 2.07. The van der Waals surface area contributed by atoms with Crippen LogP contribution in [0.1, 0.15) is 73.4 Å². The Morgan fingerprint density at radius 2 is 1.71 bits per heavy atom. The molecule has 5 nitrogen and oxygen atoms in total. The second-order valence-corrected chi connectivity index (χ2v) is 9.53. The maximum Gasteiger partial charge on any atom is 0.525 e. The van der Waals surface area contributed by atoms with Gasteiger partial charge >= 0.3 is 7.12 Å². The maximum atomic E-state index is 15.1. The van der Waals surface area contributed by atoms with E-state index in [4.69, 9.17) is 9.31 Å². The lowest BCUT2D eigenvalue weighted by Crippen LogP contribution is -2.41. The van der Waals surface area contributed by atoms with Gasteiger partial charge in [-0.3, -0.25) is 0 Å². The summed E-state index contributed by atoms with van der Waals surface area (Å²) in [5.41, 5.74) is 0.539. The largest absolute Gasteiger partial charge is 0.525 e. The van der Waals surface area contributed by atoms with Crippen LogP contribution in [0.5, 0.6) is 0 Å². The van der Waals surface area contributed by atoms with E-state index < -0.39 is 18.3 Å². The van der Waals surface area contributed by atoms with Crippen LogP contribution in [-0.2, 0) is 14.7 Å². The molecule has 28 heavy (non-hydrogen) atoms. The van der Waals surface area contributed by atoms with Gasteiger partial charge in [-0.25, -0.2) is 14.4 Å². The molecule has 1 aromatic heterocycles. The lowest BCUT2D eigenvalue weighted by atomic mass is 9.82. The van der Waals surface area contributed by atoms with Gasteiger partial charge in [0.1, 0.15) is 17.9 Å². The van der Waals surface area contributed by atoms with E-state index in [9.17, 15) is 0 Å². The van der Waals surface area contributed by atoms with Crippen molar-refractivity contribution in [1.82, 2.24) is 9.97 Å². The number of aromatic nitrogens is 2. The van der Waals surface area contributed by atoms with Gasteiger partial charge in [-0.2, -0.15) is 0 Å². The first-order valence-electron chi connectivity index (χ1n) is 10.3. The second kappa shape index (κ2) is 7.41. The summed E-state index contributed by atoms with van der Waals surface area (Å²) in [7, 11) is -0.900. The molecule has 0 aliphatic carbocycles. The van der Waals surface area contributed by atoms with E-state index in [1.165, 1.54) is 0 Å². The molecule has 7 heteroatoms. The van der Waals surface area contributed by atoms with Crippen molar-refractivity contribution >= 4 is 12.9 Å². The molecule has 0 radical (unpaired) electrons. The van der Waals surface area contributed by atoms with Crippen molar-refractivity contribution < 1.29 is 13.7 Å². The SMILES string of the molecule is CCC(C)(C)c1cc(N2CCC(=C(F)B3OC(C)(C)C(C)(C)O3)CC2)ncn1. The molecule has 0 N–H and O–H groups in total. The zero-order chi connectivity index (χ0) is 20.7. The highest BCUT2D eigenvalue weighted by molar-refractivity contribution is 6.53. The van der Waals surface area contributed by atoms with Gasteiger partial charge in [-0.1, -0.05) is 20.8 Å². The topological polar surface area (TPSA) is 47.5 Å². The average Bonchev–Trinajstić information content (AvgIpc) is 2.89. The summed E-state index contributed by atoms with van der Waals surface area (Å²) in [6.45, 7) is 15.8. The minimum absolute atomic E-state index is 0.0153.